The summed E-state index contributed by atoms with van der Waals surface area (Å²) in [4.78, 5) is 10.9. The van der Waals surface area contributed by atoms with Crippen LogP contribution in [0.1, 0.15) is 10.4 Å². The lowest BCUT2D eigenvalue weighted by Gasteiger charge is -2.12. The van der Waals surface area contributed by atoms with Crippen LogP contribution < -0.4 is 10.5 Å². The van der Waals surface area contributed by atoms with Crippen molar-refractivity contribution in [2.75, 3.05) is 6.61 Å². The number of nitrogens with two attached hydrogens (primary N) is 1. The predicted molar refractivity (Wildman–Crippen MR) is 51.5 cm³/mol. The lowest BCUT2D eigenvalue weighted by Crippen LogP contribution is -2.21. The van der Waals surface area contributed by atoms with Gasteiger partial charge in [-0.1, -0.05) is 17.7 Å². The molecule has 3 nitrogen and oxygen atoms in total. The maximum atomic E-state index is 11.9. The maximum absolute atomic E-state index is 11.9. The smallest absolute Gasteiger partial charge is 0.422 e. The minimum absolute atomic E-state index is 0.0489. The summed E-state index contributed by atoms with van der Waals surface area (Å²) < 4.78 is 40.1. The fourth-order valence-electron chi connectivity index (χ4n) is 1.02. The van der Waals surface area contributed by atoms with Crippen LogP contribution in [0, 0.1) is 0 Å². The molecule has 0 saturated heterocycles. The van der Waals surface area contributed by atoms with Crippen LogP contribution in [0.25, 0.3) is 0 Å². The fourth-order valence-corrected chi connectivity index (χ4v) is 1.28. The lowest BCUT2D eigenvalue weighted by atomic mass is 10.2. The Labute approximate surface area is 93.9 Å². The molecule has 0 aliphatic heterocycles. The van der Waals surface area contributed by atoms with Crippen molar-refractivity contribution in [3.8, 4) is 5.75 Å². The van der Waals surface area contributed by atoms with Crippen molar-refractivity contribution in [1.29, 1.82) is 0 Å². The number of ether oxygens (including phenoxy) is 1. The largest absolute Gasteiger partial charge is 0.483 e. The average Bonchev–Trinajstić information content (AvgIpc) is 2.12. The standard InChI is InChI=1S/C9H7ClF3NO2/c10-5-2-1-3-6(7(5)8(14)15)16-4-9(11,12)13/h1-3H,4H2,(H2,14,15). The van der Waals surface area contributed by atoms with Crippen LogP contribution in [-0.4, -0.2) is 18.7 Å². The second-order valence-corrected chi connectivity index (χ2v) is 3.29. The molecule has 0 atom stereocenters. The van der Waals surface area contributed by atoms with E-state index in [4.69, 9.17) is 17.3 Å². The summed E-state index contributed by atoms with van der Waals surface area (Å²) in [7, 11) is 0. The molecule has 0 unspecified atom stereocenters. The number of hydrogen-bond acceptors (Lipinski definition) is 2. The molecule has 1 amide bonds. The molecular formula is C9H7ClF3NO2. The molecule has 1 rings (SSSR count). The molecule has 0 saturated carbocycles. The first-order valence-electron chi connectivity index (χ1n) is 4.09. The summed E-state index contributed by atoms with van der Waals surface area (Å²) in [5.74, 6) is -1.22. The Kier molecular flexibility index (Phi) is 3.64. The van der Waals surface area contributed by atoms with Gasteiger partial charge in [-0.15, -0.1) is 0 Å². The number of primary amides is 1. The molecule has 88 valence electrons. The molecule has 0 heterocycles. The number of carbonyl (C=O) groups excluding carboxylic acids is 1. The van der Waals surface area contributed by atoms with E-state index in [0.717, 1.165) is 0 Å². The lowest BCUT2D eigenvalue weighted by molar-refractivity contribution is -0.153. The van der Waals surface area contributed by atoms with Gasteiger partial charge in [0.05, 0.1) is 10.6 Å². The van der Waals surface area contributed by atoms with Crippen molar-refractivity contribution in [3.05, 3.63) is 28.8 Å². The van der Waals surface area contributed by atoms with E-state index in [1.807, 2.05) is 0 Å². The van der Waals surface area contributed by atoms with Crippen molar-refractivity contribution in [1.82, 2.24) is 0 Å². The number of alkyl halides is 3. The van der Waals surface area contributed by atoms with Crippen molar-refractivity contribution >= 4 is 17.5 Å². The van der Waals surface area contributed by atoms with Gasteiger partial charge in [-0.25, -0.2) is 0 Å². The zero-order valence-electron chi connectivity index (χ0n) is 7.84. The molecule has 0 bridgehead atoms. The Morgan fingerprint density at radius 3 is 2.56 bits per heavy atom. The highest BCUT2D eigenvalue weighted by Gasteiger charge is 2.29. The molecule has 2 N–H and O–H groups in total. The summed E-state index contributed by atoms with van der Waals surface area (Å²) in [5.41, 5.74) is 4.71. The summed E-state index contributed by atoms with van der Waals surface area (Å²) >= 11 is 5.61. The first-order valence-corrected chi connectivity index (χ1v) is 4.47. The predicted octanol–water partition coefficient (Wildman–Crippen LogP) is 2.38. The SMILES string of the molecule is NC(=O)c1c(Cl)cccc1OCC(F)(F)F. The Morgan fingerprint density at radius 1 is 1.44 bits per heavy atom. The van der Waals surface area contributed by atoms with Gasteiger partial charge in [-0.05, 0) is 12.1 Å². The molecule has 0 radical (unpaired) electrons. The van der Waals surface area contributed by atoms with Crippen molar-refractivity contribution in [2.24, 2.45) is 5.73 Å². The van der Waals surface area contributed by atoms with E-state index in [1.54, 1.807) is 0 Å². The van der Waals surface area contributed by atoms with E-state index in [0.29, 0.717) is 0 Å². The zero-order valence-corrected chi connectivity index (χ0v) is 8.60. The second kappa shape index (κ2) is 4.61. The van der Waals surface area contributed by atoms with Gasteiger partial charge < -0.3 is 10.5 Å². The third-order valence-electron chi connectivity index (χ3n) is 1.61. The fraction of sp³-hybridized carbons (Fsp3) is 0.222. The van der Waals surface area contributed by atoms with E-state index < -0.39 is 18.7 Å². The van der Waals surface area contributed by atoms with Gasteiger partial charge in [0.15, 0.2) is 6.61 Å². The van der Waals surface area contributed by atoms with Crippen LogP contribution in [0.2, 0.25) is 5.02 Å². The Balaban J connectivity index is 2.96. The maximum Gasteiger partial charge on any atom is 0.422 e. The highest BCUT2D eigenvalue weighted by molar-refractivity contribution is 6.34. The third kappa shape index (κ3) is 3.30. The average molecular weight is 254 g/mol. The van der Waals surface area contributed by atoms with Gasteiger partial charge >= 0.3 is 6.18 Å². The zero-order chi connectivity index (χ0) is 12.3. The normalized spacial score (nSPS) is 11.2. The number of rotatable bonds is 3. The number of amides is 1. The van der Waals surface area contributed by atoms with E-state index in [9.17, 15) is 18.0 Å². The van der Waals surface area contributed by atoms with Crippen LogP contribution in [0.15, 0.2) is 18.2 Å². The summed E-state index contributed by atoms with van der Waals surface area (Å²) in [5, 5.41) is -0.0489. The van der Waals surface area contributed by atoms with E-state index in [-0.39, 0.29) is 16.3 Å². The highest BCUT2D eigenvalue weighted by atomic mass is 35.5. The molecule has 0 aromatic heterocycles. The topological polar surface area (TPSA) is 52.3 Å². The molecule has 1 aromatic rings. The van der Waals surface area contributed by atoms with Gasteiger partial charge in [0.2, 0.25) is 0 Å². The molecule has 16 heavy (non-hydrogen) atoms. The minimum Gasteiger partial charge on any atom is -0.483 e. The minimum atomic E-state index is -4.49. The Hall–Kier alpha value is -1.43. The molecule has 1 aromatic carbocycles. The number of benzene rings is 1. The summed E-state index contributed by atoms with van der Waals surface area (Å²) in [6.45, 7) is -1.51. The van der Waals surface area contributed by atoms with Gasteiger partial charge in [-0.3, -0.25) is 4.79 Å². The molecule has 0 aliphatic rings. The van der Waals surface area contributed by atoms with Crippen molar-refractivity contribution in [3.63, 3.8) is 0 Å². The van der Waals surface area contributed by atoms with Gasteiger partial charge in [-0.2, -0.15) is 13.2 Å². The van der Waals surface area contributed by atoms with Crippen LogP contribution in [0.3, 0.4) is 0 Å². The Morgan fingerprint density at radius 2 is 2.06 bits per heavy atom. The van der Waals surface area contributed by atoms with Gasteiger partial charge in [0, 0.05) is 0 Å². The Bertz CT molecular complexity index is 406. The van der Waals surface area contributed by atoms with E-state index in [1.165, 1.54) is 18.2 Å². The molecular weight excluding hydrogens is 247 g/mol. The molecule has 7 heteroatoms. The third-order valence-corrected chi connectivity index (χ3v) is 1.93. The number of hydrogen-bond donors (Lipinski definition) is 1. The first kappa shape index (κ1) is 12.6. The van der Waals surface area contributed by atoms with Crippen LogP contribution in [0.5, 0.6) is 5.75 Å². The van der Waals surface area contributed by atoms with Gasteiger partial charge in [0.1, 0.15) is 5.75 Å². The van der Waals surface area contributed by atoms with E-state index in [2.05, 4.69) is 4.74 Å². The monoisotopic (exact) mass is 253 g/mol. The highest BCUT2D eigenvalue weighted by Crippen LogP contribution is 2.27. The van der Waals surface area contributed by atoms with Crippen LogP contribution in [-0.2, 0) is 0 Å². The van der Waals surface area contributed by atoms with Crippen molar-refractivity contribution in [2.45, 2.75) is 6.18 Å². The van der Waals surface area contributed by atoms with E-state index >= 15 is 0 Å². The quantitative estimate of drug-likeness (QED) is 0.899. The molecule has 0 fully saturated rings. The molecule has 0 aliphatic carbocycles. The second-order valence-electron chi connectivity index (χ2n) is 2.88. The van der Waals surface area contributed by atoms with Crippen LogP contribution >= 0.6 is 11.6 Å². The van der Waals surface area contributed by atoms with Gasteiger partial charge in [0.25, 0.3) is 5.91 Å². The number of carbonyl (C=O) groups is 1. The van der Waals surface area contributed by atoms with Crippen molar-refractivity contribution < 1.29 is 22.7 Å². The summed E-state index contributed by atoms with van der Waals surface area (Å²) in [6.07, 6.45) is -4.49. The number of halogens is 4. The molecule has 0 spiro atoms. The first-order chi connectivity index (χ1) is 7.31. The summed E-state index contributed by atoms with van der Waals surface area (Å²) in [6, 6.07) is 3.89. The van der Waals surface area contributed by atoms with Crippen LogP contribution in [0.4, 0.5) is 13.2 Å².